The molecule has 1 aromatic carbocycles. The Morgan fingerprint density at radius 3 is 2.27 bits per heavy atom. The molecule has 0 radical (unpaired) electrons. The monoisotopic (exact) mass is 221 g/mol. The number of rotatable bonds is 2. The average molecular weight is 221 g/mol. The van der Waals surface area contributed by atoms with E-state index in [1.165, 1.54) is 6.26 Å². The van der Waals surface area contributed by atoms with Crippen molar-refractivity contribution in [2.24, 2.45) is 0 Å². The highest BCUT2D eigenvalue weighted by molar-refractivity contribution is 7.90. The Balaban J connectivity index is 2.61. The lowest BCUT2D eigenvalue weighted by Gasteiger charge is -2.06. The summed E-state index contributed by atoms with van der Waals surface area (Å²) >= 11 is 0. The minimum absolute atomic E-state index is 0.314. The smallest absolute Gasteiger partial charge is 0.191 e. The lowest BCUT2D eigenvalue weighted by Crippen LogP contribution is -2.05. The van der Waals surface area contributed by atoms with Crippen molar-refractivity contribution in [2.75, 3.05) is 6.26 Å². The van der Waals surface area contributed by atoms with Crippen LogP contribution in [0.3, 0.4) is 0 Å². The van der Waals surface area contributed by atoms with Crippen molar-refractivity contribution in [1.29, 1.82) is 0 Å². The molecule has 0 aliphatic carbocycles. The van der Waals surface area contributed by atoms with Gasteiger partial charge in [-0.3, -0.25) is 0 Å². The summed E-state index contributed by atoms with van der Waals surface area (Å²) < 4.78 is 24.6. The molecule has 2 aromatic rings. The van der Waals surface area contributed by atoms with E-state index in [0.717, 1.165) is 5.69 Å². The number of para-hydroxylation sites is 1. The fourth-order valence-electron chi connectivity index (χ4n) is 1.47. The Bertz CT molecular complexity index is 555. The molecule has 0 aliphatic rings. The molecule has 0 fully saturated rings. The second-order valence-electron chi connectivity index (χ2n) is 3.32. The number of benzene rings is 1. The minimum atomic E-state index is -3.18. The van der Waals surface area contributed by atoms with E-state index in [2.05, 4.69) is 0 Å². The van der Waals surface area contributed by atoms with Gasteiger partial charge in [-0.25, -0.2) is 8.42 Å². The zero-order valence-electron chi connectivity index (χ0n) is 8.29. The lowest BCUT2D eigenvalue weighted by atomic mass is 10.3. The SMILES string of the molecule is CS(=O)(=O)c1cccn1-c1ccccc1. The van der Waals surface area contributed by atoms with Crippen LogP contribution in [0.25, 0.3) is 5.69 Å². The van der Waals surface area contributed by atoms with Crippen molar-refractivity contribution in [3.05, 3.63) is 48.7 Å². The standard InChI is InChI=1S/C11H11NO2S/c1-15(13,14)11-8-5-9-12(11)10-6-3-2-4-7-10/h2-9H,1H3. The van der Waals surface area contributed by atoms with Crippen molar-refractivity contribution in [2.45, 2.75) is 5.03 Å². The number of hydrogen-bond acceptors (Lipinski definition) is 2. The van der Waals surface area contributed by atoms with Crippen molar-refractivity contribution in [3.63, 3.8) is 0 Å². The van der Waals surface area contributed by atoms with Gasteiger partial charge in [0.15, 0.2) is 9.84 Å². The van der Waals surface area contributed by atoms with Crippen molar-refractivity contribution < 1.29 is 8.42 Å². The van der Waals surface area contributed by atoms with Crippen LogP contribution in [0.15, 0.2) is 53.7 Å². The fourth-order valence-corrected chi connectivity index (χ4v) is 2.32. The number of sulfone groups is 1. The van der Waals surface area contributed by atoms with E-state index in [4.69, 9.17) is 0 Å². The normalized spacial score (nSPS) is 11.5. The summed E-state index contributed by atoms with van der Waals surface area (Å²) in [6, 6.07) is 12.7. The van der Waals surface area contributed by atoms with Crippen LogP contribution in [0, 0.1) is 0 Å². The van der Waals surface area contributed by atoms with Gasteiger partial charge in [-0.2, -0.15) is 0 Å². The van der Waals surface area contributed by atoms with E-state index in [1.807, 2.05) is 30.3 Å². The molecule has 0 atom stereocenters. The van der Waals surface area contributed by atoms with Crippen molar-refractivity contribution >= 4 is 9.84 Å². The molecule has 15 heavy (non-hydrogen) atoms. The number of aromatic nitrogens is 1. The molecule has 0 bridgehead atoms. The van der Waals surface area contributed by atoms with Gasteiger partial charge in [0, 0.05) is 18.1 Å². The Morgan fingerprint density at radius 1 is 1.00 bits per heavy atom. The molecule has 78 valence electrons. The highest BCUT2D eigenvalue weighted by atomic mass is 32.2. The van der Waals surface area contributed by atoms with Crippen LogP contribution in [0.1, 0.15) is 0 Å². The number of nitrogens with zero attached hydrogens (tertiary/aromatic N) is 1. The van der Waals surface area contributed by atoms with Gasteiger partial charge in [0.2, 0.25) is 0 Å². The molecule has 3 nitrogen and oxygen atoms in total. The van der Waals surface area contributed by atoms with Gasteiger partial charge < -0.3 is 4.57 Å². The van der Waals surface area contributed by atoms with Crippen LogP contribution in [-0.2, 0) is 9.84 Å². The van der Waals surface area contributed by atoms with E-state index in [0.29, 0.717) is 5.03 Å². The quantitative estimate of drug-likeness (QED) is 0.776. The Labute approximate surface area is 88.9 Å². The van der Waals surface area contributed by atoms with Crippen LogP contribution < -0.4 is 0 Å². The average Bonchev–Trinajstić information content (AvgIpc) is 2.67. The lowest BCUT2D eigenvalue weighted by molar-refractivity contribution is 0.595. The fraction of sp³-hybridized carbons (Fsp3) is 0.0909. The summed E-state index contributed by atoms with van der Waals surface area (Å²) in [5, 5.41) is 0.314. The molecule has 0 aliphatic heterocycles. The van der Waals surface area contributed by atoms with E-state index >= 15 is 0 Å². The molecule has 0 amide bonds. The van der Waals surface area contributed by atoms with Crippen LogP contribution in [-0.4, -0.2) is 19.2 Å². The van der Waals surface area contributed by atoms with Crippen LogP contribution in [0.4, 0.5) is 0 Å². The van der Waals surface area contributed by atoms with Gasteiger partial charge in [-0.15, -0.1) is 0 Å². The first-order chi connectivity index (χ1) is 7.09. The molecule has 1 aromatic heterocycles. The Kier molecular flexibility index (Phi) is 2.36. The van der Waals surface area contributed by atoms with E-state index < -0.39 is 9.84 Å². The first kappa shape index (κ1) is 9.98. The maximum Gasteiger partial charge on any atom is 0.191 e. The molecule has 2 rings (SSSR count). The van der Waals surface area contributed by atoms with E-state index in [9.17, 15) is 8.42 Å². The van der Waals surface area contributed by atoms with Crippen molar-refractivity contribution in [3.8, 4) is 5.69 Å². The third-order valence-corrected chi connectivity index (χ3v) is 3.22. The summed E-state index contributed by atoms with van der Waals surface area (Å²) in [4.78, 5) is 0. The van der Waals surface area contributed by atoms with Gasteiger partial charge in [0.25, 0.3) is 0 Å². The second-order valence-corrected chi connectivity index (χ2v) is 5.29. The summed E-state index contributed by atoms with van der Waals surface area (Å²) in [5.41, 5.74) is 0.850. The molecule has 1 heterocycles. The number of hydrogen-bond donors (Lipinski definition) is 0. The minimum Gasteiger partial charge on any atom is -0.308 e. The van der Waals surface area contributed by atoms with Crippen LogP contribution >= 0.6 is 0 Å². The molecule has 0 saturated carbocycles. The molecule has 0 saturated heterocycles. The molecular weight excluding hydrogens is 210 g/mol. The topological polar surface area (TPSA) is 39.1 Å². The van der Waals surface area contributed by atoms with Gasteiger partial charge in [0.05, 0.1) is 0 Å². The van der Waals surface area contributed by atoms with Gasteiger partial charge in [0.1, 0.15) is 5.03 Å². The molecular formula is C11H11NO2S. The maximum absolute atomic E-state index is 11.5. The third kappa shape index (κ3) is 1.94. The summed E-state index contributed by atoms with van der Waals surface area (Å²) in [7, 11) is -3.18. The van der Waals surface area contributed by atoms with Crippen LogP contribution in [0.5, 0.6) is 0 Å². The zero-order chi connectivity index (χ0) is 10.9. The molecule has 4 heteroatoms. The Morgan fingerprint density at radius 2 is 1.67 bits per heavy atom. The van der Waals surface area contributed by atoms with Gasteiger partial charge in [-0.1, -0.05) is 18.2 Å². The van der Waals surface area contributed by atoms with Crippen LogP contribution in [0.2, 0.25) is 0 Å². The maximum atomic E-state index is 11.5. The second kappa shape index (κ2) is 3.55. The largest absolute Gasteiger partial charge is 0.308 e. The molecule has 0 spiro atoms. The predicted octanol–water partition coefficient (Wildman–Crippen LogP) is 1.88. The predicted molar refractivity (Wildman–Crippen MR) is 58.9 cm³/mol. The van der Waals surface area contributed by atoms with Gasteiger partial charge >= 0.3 is 0 Å². The molecule has 0 N–H and O–H groups in total. The highest BCUT2D eigenvalue weighted by Crippen LogP contribution is 2.16. The third-order valence-electron chi connectivity index (χ3n) is 2.13. The molecule has 0 unspecified atom stereocenters. The van der Waals surface area contributed by atoms with E-state index in [-0.39, 0.29) is 0 Å². The zero-order valence-corrected chi connectivity index (χ0v) is 9.11. The first-order valence-corrected chi connectivity index (χ1v) is 6.41. The highest BCUT2D eigenvalue weighted by Gasteiger charge is 2.12. The van der Waals surface area contributed by atoms with E-state index in [1.54, 1.807) is 22.9 Å². The summed E-state index contributed by atoms with van der Waals surface area (Å²) in [6.45, 7) is 0. The first-order valence-electron chi connectivity index (χ1n) is 4.52. The Hall–Kier alpha value is -1.55. The summed E-state index contributed by atoms with van der Waals surface area (Å²) in [5.74, 6) is 0. The van der Waals surface area contributed by atoms with Crippen molar-refractivity contribution in [1.82, 2.24) is 4.57 Å². The summed E-state index contributed by atoms with van der Waals surface area (Å²) in [6.07, 6.45) is 2.95. The van der Waals surface area contributed by atoms with Gasteiger partial charge in [-0.05, 0) is 24.3 Å².